The first-order valence-corrected chi connectivity index (χ1v) is 6.65. The van der Waals surface area contributed by atoms with Gasteiger partial charge in [-0.05, 0) is 5.56 Å². The second-order valence-electron chi connectivity index (χ2n) is 4.14. The number of piperazine rings is 1. The smallest absolute Gasteiger partial charge is 0.314 e. The average molecular weight is 266 g/mol. The maximum atomic E-state index is 10.7. The number of nitro groups is 1. The highest BCUT2D eigenvalue weighted by Crippen LogP contribution is 2.31. The molecule has 0 aliphatic carbocycles. The molecule has 0 aromatic carbocycles. The highest BCUT2D eigenvalue weighted by atomic mass is 32.1. The van der Waals surface area contributed by atoms with Crippen LogP contribution in [-0.4, -0.2) is 36.0 Å². The Balaban J connectivity index is 2.17. The Morgan fingerprint density at radius 1 is 1.61 bits per heavy atom. The summed E-state index contributed by atoms with van der Waals surface area (Å²) < 4.78 is 0. The second-order valence-corrected chi connectivity index (χ2v) is 5.03. The molecule has 6 nitrogen and oxygen atoms in total. The van der Waals surface area contributed by atoms with Crippen molar-refractivity contribution in [2.24, 2.45) is 0 Å². The first kappa shape index (κ1) is 13.0. The highest BCUT2D eigenvalue weighted by Gasteiger charge is 2.24. The van der Waals surface area contributed by atoms with Crippen molar-refractivity contribution in [2.45, 2.75) is 12.5 Å². The fourth-order valence-electron chi connectivity index (χ4n) is 2.15. The molecule has 1 saturated heterocycles. The van der Waals surface area contributed by atoms with Gasteiger partial charge in [-0.15, -0.1) is 0 Å². The zero-order chi connectivity index (χ0) is 13.0. The molecule has 1 aromatic heterocycles. The molecule has 18 heavy (non-hydrogen) atoms. The van der Waals surface area contributed by atoms with Crippen LogP contribution in [0.2, 0.25) is 0 Å². The topological polar surface area (TPSA) is 82.2 Å². The van der Waals surface area contributed by atoms with Crippen molar-refractivity contribution in [1.29, 1.82) is 5.26 Å². The molecule has 2 rings (SSSR count). The maximum absolute atomic E-state index is 10.7. The summed E-state index contributed by atoms with van der Waals surface area (Å²) in [4.78, 5) is 12.5. The van der Waals surface area contributed by atoms with E-state index in [1.54, 1.807) is 11.4 Å². The molecule has 1 fully saturated rings. The summed E-state index contributed by atoms with van der Waals surface area (Å²) in [5.41, 5.74) is 0.884. The standard InChI is InChI=1S/C11H14N4O2S/c12-2-1-10(14-5-3-13-4-6-14)9-7-11(15(16)17)18-8-9/h7-8,10,13H,1,3-6H2/t10-/m1/s1. The lowest BCUT2D eigenvalue weighted by atomic mass is 10.1. The van der Waals surface area contributed by atoms with Gasteiger partial charge in [0.15, 0.2) is 0 Å². The van der Waals surface area contributed by atoms with Crippen LogP contribution in [0, 0.1) is 21.4 Å². The van der Waals surface area contributed by atoms with Crippen molar-refractivity contribution in [3.63, 3.8) is 0 Å². The molecule has 1 aromatic rings. The van der Waals surface area contributed by atoms with Crippen LogP contribution in [0.15, 0.2) is 11.4 Å². The Bertz CT molecular complexity index is 462. The lowest BCUT2D eigenvalue weighted by molar-refractivity contribution is -0.380. The zero-order valence-corrected chi connectivity index (χ0v) is 10.7. The first-order chi connectivity index (χ1) is 8.72. The van der Waals surface area contributed by atoms with Gasteiger partial charge in [-0.3, -0.25) is 15.0 Å². The molecular weight excluding hydrogens is 252 g/mol. The molecule has 0 amide bonds. The largest absolute Gasteiger partial charge is 0.324 e. The summed E-state index contributed by atoms with van der Waals surface area (Å²) in [5, 5.41) is 24.8. The van der Waals surface area contributed by atoms with E-state index in [1.807, 2.05) is 0 Å². The van der Waals surface area contributed by atoms with Crippen molar-refractivity contribution >= 4 is 16.3 Å². The van der Waals surface area contributed by atoms with Gasteiger partial charge in [0.05, 0.1) is 17.4 Å². The average Bonchev–Trinajstić information content (AvgIpc) is 2.86. The number of rotatable bonds is 4. The summed E-state index contributed by atoms with van der Waals surface area (Å²) in [6.07, 6.45) is 0.369. The number of nitriles is 1. The molecule has 0 radical (unpaired) electrons. The number of hydrogen-bond donors (Lipinski definition) is 1. The Morgan fingerprint density at radius 2 is 2.33 bits per heavy atom. The van der Waals surface area contributed by atoms with Gasteiger partial charge < -0.3 is 5.32 Å². The Morgan fingerprint density at radius 3 is 2.89 bits per heavy atom. The van der Waals surface area contributed by atoms with E-state index in [-0.39, 0.29) is 16.0 Å². The van der Waals surface area contributed by atoms with Crippen molar-refractivity contribution in [3.8, 4) is 6.07 Å². The van der Waals surface area contributed by atoms with Crippen molar-refractivity contribution < 1.29 is 4.92 Å². The predicted octanol–water partition coefficient (Wildman–Crippen LogP) is 1.52. The molecule has 0 saturated carbocycles. The van der Waals surface area contributed by atoms with E-state index in [1.165, 1.54) is 0 Å². The summed E-state index contributed by atoms with van der Waals surface area (Å²) in [7, 11) is 0. The third-order valence-electron chi connectivity index (χ3n) is 3.05. The van der Waals surface area contributed by atoms with E-state index in [0.717, 1.165) is 43.1 Å². The Kier molecular flexibility index (Phi) is 4.25. The quantitative estimate of drug-likeness (QED) is 0.660. The van der Waals surface area contributed by atoms with Gasteiger partial charge in [0.25, 0.3) is 0 Å². The van der Waals surface area contributed by atoms with Crippen molar-refractivity contribution in [3.05, 3.63) is 27.1 Å². The minimum Gasteiger partial charge on any atom is -0.314 e. The van der Waals surface area contributed by atoms with Gasteiger partial charge in [0.1, 0.15) is 0 Å². The zero-order valence-electron chi connectivity index (χ0n) is 9.83. The van der Waals surface area contributed by atoms with Crippen LogP contribution in [0.3, 0.4) is 0 Å². The summed E-state index contributed by atoms with van der Waals surface area (Å²) in [5.74, 6) is 0. The van der Waals surface area contributed by atoms with Gasteiger partial charge in [0.2, 0.25) is 0 Å². The second kappa shape index (κ2) is 5.91. The van der Waals surface area contributed by atoms with Crippen LogP contribution >= 0.6 is 11.3 Å². The Labute approximate surface area is 109 Å². The van der Waals surface area contributed by atoms with Gasteiger partial charge in [-0.2, -0.15) is 5.26 Å². The third kappa shape index (κ3) is 2.85. The molecule has 0 unspecified atom stereocenters. The van der Waals surface area contributed by atoms with E-state index in [2.05, 4.69) is 16.3 Å². The van der Waals surface area contributed by atoms with E-state index < -0.39 is 0 Å². The van der Waals surface area contributed by atoms with Crippen molar-refractivity contribution in [1.82, 2.24) is 10.2 Å². The van der Waals surface area contributed by atoms with Crippen LogP contribution in [0.25, 0.3) is 0 Å². The number of hydrogen-bond acceptors (Lipinski definition) is 6. The van der Waals surface area contributed by atoms with Gasteiger partial charge in [-0.1, -0.05) is 11.3 Å². The van der Waals surface area contributed by atoms with Crippen molar-refractivity contribution in [2.75, 3.05) is 26.2 Å². The lowest BCUT2D eigenvalue weighted by Crippen LogP contribution is -2.45. The fourth-order valence-corrected chi connectivity index (χ4v) is 2.92. The van der Waals surface area contributed by atoms with E-state index in [4.69, 9.17) is 5.26 Å². The molecule has 0 bridgehead atoms. The normalized spacial score (nSPS) is 18.2. The minimum absolute atomic E-state index is 0.0259. The number of nitrogens with one attached hydrogen (secondary N) is 1. The van der Waals surface area contributed by atoms with Gasteiger partial charge in [-0.25, -0.2) is 0 Å². The monoisotopic (exact) mass is 266 g/mol. The lowest BCUT2D eigenvalue weighted by Gasteiger charge is -2.33. The molecule has 2 heterocycles. The van der Waals surface area contributed by atoms with Crippen LogP contribution in [0.5, 0.6) is 0 Å². The third-order valence-corrected chi connectivity index (χ3v) is 3.95. The molecule has 1 N–H and O–H groups in total. The van der Waals surface area contributed by atoms with Crippen LogP contribution in [0.4, 0.5) is 5.00 Å². The molecule has 1 aliphatic heterocycles. The molecule has 1 aliphatic rings. The van der Waals surface area contributed by atoms with Gasteiger partial charge in [0, 0.05) is 43.7 Å². The molecule has 1 atom stereocenters. The van der Waals surface area contributed by atoms with Gasteiger partial charge >= 0.3 is 5.00 Å². The van der Waals surface area contributed by atoms with Crippen LogP contribution in [-0.2, 0) is 0 Å². The minimum atomic E-state index is -0.380. The molecule has 96 valence electrons. The molecule has 0 spiro atoms. The van der Waals surface area contributed by atoms with Crippen LogP contribution in [0.1, 0.15) is 18.0 Å². The van der Waals surface area contributed by atoms with E-state index >= 15 is 0 Å². The number of thiophene rings is 1. The molecule has 7 heteroatoms. The summed E-state index contributed by atoms with van der Waals surface area (Å²) in [6, 6.07) is 3.74. The van der Waals surface area contributed by atoms with E-state index in [9.17, 15) is 10.1 Å². The predicted molar refractivity (Wildman–Crippen MR) is 68.4 cm³/mol. The SMILES string of the molecule is N#CC[C@H](c1csc([N+](=O)[O-])c1)N1CCNCC1. The maximum Gasteiger partial charge on any atom is 0.324 e. The number of nitrogens with zero attached hydrogens (tertiary/aromatic N) is 3. The fraction of sp³-hybridized carbons (Fsp3) is 0.545. The molecular formula is C11H14N4O2S. The van der Waals surface area contributed by atoms with E-state index in [0.29, 0.717) is 6.42 Å². The highest BCUT2D eigenvalue weighted by molar-refractivity contribution is 7.13. The van der Waals surface area contributed by atoms with Crippen LogP contribution < -0.4 is 5.32 Å². The first-order valence-electron chi connectivity index (χ1n) is 5.77. The summed E-state index contributed by atoms with van der Waals surface area (Å²) in [6.45, 7) is 3.54. The Hall–Kier alpha value is -1.49. The summed E-state index contributed by atoms with van der Waals surface area (Å²) >= 11 is 1.13.